The molecule has 0 aliphatic heterocycles. The Labute approximate surface area is 147 Å². The van der Waals surface area contributed by atoms with Crippen molar-refractivity contribution in [3.63, 3.8) is 0 Å². The molecule has 3 aromatic heterocycles. The molecule has 1 fully saturated rings. The first-order valence-electron chi connectivity index (χ1n) is 8.99. The molecule has 3 aromatic rings. The average Bonchev–Trinajstić information content (AvgIpc) is 3.31. The Balaban J connectivity index is 1.51. The Morgan fingerprint density at radius 3 is 2.64 bits per heavy atom. The van der Waals surface area contributed by atoms with Gasteiger partial charge in [0.05, 0.1) is 11.4 Å². The zero-order valence-electron chi connectivity index (χ0n) is 15.4. The first-order valence-corrected chi connectivity index (χ1v) is 8.99. The number of aryl methyl sites for hydroxylation is 5. The largest absolute Gasteiger partial charge is 0.368 e. The number of fused-ring (bicyclic) bond motifs is 1. The second-order valence-corrected chi connectivity index (χ2v) is 7.04. The number of anilines is 1. The number of nitrogens with one attached hydrogen (secondary N) is 1. The topological polar surface area (TPSA) is 73.5 Å². The molecular formula is C18H25N7. The van der Waals surface area contributed by atoms with Crippen molar-refractivity contribution in [2.24, 2.45) is 7.05 Å². The molecule has 0 unspecified atom stereocenters. The van der Waals surface area contributed by atoms with Gasteiger partial charge in [-0.05, 0) is 46.1 Å². The van der Waals surface area contributed by atoms with Crippen molar-refractivity contribution in [1.29, 1.82) is 0 Å². The van der Waals surface area contributed by atoms with E-state index in [1.807, 2.05) is 25.6 Å². The summed E-state index contributed by atoms with van der Waals surface area (Å²) in [7, 11) is 1.95. The molecule has 1 aliphatic carbocycles. The van der Waals surface area contributed by atoms with Gasteiger partial charge in [-0.1, -0.05) is 0 Å². The molecule has 0 spiro atoms. The fourth-order valence-electron chi connectivity index (χ4n) is 3.34. The lowest BCUT2D eigenvalue weighted by atomic mass is 10.3. The Kier molecular flexibility index (Phi) is 3.94. The van der Waals surface area contributed by atoms with Gasteiger partial charge in [-0.25, -0.2) is 9.97 Å². The highest BCUT2D eigenvalue weighted by Crippen LogP contribution is 2.39. The molecule has 7 nitrogen and oxygen atoms in total. The lowest BCUT2D eigenvalue weighted by Gasteiger charge is -2.10. The van der Waals surface area contributed by atoms with E-state index < -0.39 is 0 Å². The van der Waals surface area contributed by atoms with Gasteiger partial charge in [0.15, 0.2) is 5.82 Å². The molecule has 1 N–H and O–H groups in total. The maximum Gasteiger partial charge on any atom is 0.156 e. The lowest BCUT2D eigenvalue weighted by Crippen LogP contribution is -2.11. The fourth-order valence-corrected chi connectivity index (χ4v) is 3.34. The van der Waals surface area contributed by atoms with Crippen molar-refractivity contribution < 1.29 is 0 Å². The molecule has 0 aromatic carbocycles. The average molecular weight is 339 g/mol. The van der Waals surface area contributed by atoms with Crippen molar-refractivity contribution in [2.45, 2.75) is 52.5 Å². The second-order valence-electron chi connectivity index (χ2n) is 7.04. The highest BCUT2D eigenvalue weighted by molar-refractivity contribution is 5.87. The van der Waals surface area contributed by atoms with Crippen LogP contribution in [0.4, 0.5) is 5.82 Å². The molecule has 0 radical (unpaired) electrons. The molecule has 3 heterocycles. The summed E-state index contributed by atoms with van der Waals surface area (Å²) in [6.07, 6.45) is 3.38. The number of hydrogen-bond donors (Lipinski definition) is 1. The predicted octanol–water partition coefficient (Wildman–Crippen LogP) is 2.86. The third-order valence-electron chi connectivity index (χ3n) is 4.75. The summed E-state index contributed by atoms with van der Waals surface area (Å²) in [6, 6.07) is 2.11. The first-order chi connectivity index (χ1) is 12.0. The third kappa shape index (κ3) is 3.10. The van der Waals surface area contributed by atoms with E-state index in [1.165, 1.54) is 18.5 Å². The van der Waals surface area contributed by atoms with Crippen LogP contribution in [0.3, 0.4) is 0 Å². The summed E-state index contributed by atoms with van der Waals surface area (Å²) >= 11 is 0. The minimum absolute atomic E-state index is 0.527. The van der Waals surface area contributed by atoms with E-state index in [2.05, 4.69) is 33.2 Å². The molecule has 7 heteroatoms. The zero-order valence-corrected chi connectivity index (χ0v) is 15.4. The molecule has 0 atom stereocenters. The van der Waals surface area contributed by atoms with Gasteiger partial charge in [0.2, 0.25) is 0 Å². The highest BCUT2D eigenvalue weighted by atomic mass is 15.3. The van der Waals surface area contributed by atoms with Crippen molar-refractivity contribution in [3.05, 3.63) is 29.0 Å². The molecule has 1 saturated carbocycles. The number of rotatable bonds is 6. The molecule has 0 saturated heterocycles. The summed E-state index contributed by atoms with van der Waals surface area (Å²) in [4.78, 5) is 9.56. The Hall–Kier alpha value is -2.44. The monoisotopic (exact) mass is 339 g/mol. The SMILES string of the molecule is Cc1cc(C)n(CCCNc2nc(C3CC3)nc3c(C)nn(C)c23)n1. The molecular weight excluding hydrogens is 314 g/mol. The maximum atomic E-state index is 4.80. The smallest absolute Gasteiger partial charge is 0.156 e. The summed E-state index contributed by atoms with van der Waals surface area (Å²) in [5.41, 5.74) is 5.21. The van der Waals surface area contributed by atoms with Crippen LogP contribution in [0.5, 0.6) is 0 Å². The van der Waals surface area contributed by atoms with E-state index >= 15 is 0 Å². The third-order valence-corrected chi connectivity index (χ3v) is 4.75. The molecule has 1 aliphatic rings. The van der Waals surface area contributed by atoms with Crippen molar-refractivity contribution in [3.8, 4) is 0 Å². The summed E-state index contributed by atoms with van der Waals surface area (Å²) in [6.45, 7) is 7.89. The van der Waals surface area contributed by atoms with E-state index in [-0.39, 0.29) is 0 Å². The van der Waals surface area contributed by atoms with E-state index in [9.17, 15) is 0 Å². The molecule has 4 rings (SSSR count). The highest BCUT2D eigenvalue weighted by Gasteiger charge is 2.28. The van der Waals surface area contributed by atoms with Crippen LogP contribution < -0.4 is 5.32 Å². The van der Waals surface area contributed by atoms with Crippen LogP contribution >= 0.6 is 0 Å². The quantitative estimate of drug-likeness (QED) is 0.699. The number of hydrogen-bond acceptors (Lipinski definition) is 5. The van der Waals surface area contributed by atoms with Crippen molar-refractivity contribution >= 4 is 16.9 Å². The van der Waals surface area contributed by atoms with Gasteiger partial charge in [0.1, 0.15) is 16.9 Å². The summed E-state index contributed by atoms with van der Waals surface area (Å²) in [5, 5.41) is 12.5. The van der Waals surface area contributed by atoms with Crippen molar-refractivity contribution in [1.82, 2.24) is 29.5 Å². The van der Waals surface area contributed by atoms with Gasteiger partial charge >= 0.3 is 0 Å². The normalized spacial score (nSPS) is 14.4. The Bertz CT molecular complexity index is 917. The number of nitrogens with zero attached hydrogens (tertiary/aromatic N) is 6. The minimum Gasteiger partial charge on any atom is -0.368 e. The van der Waals surface area contributed by atoms with Crippen molar-refractivity contribution in [2.75, 3.05) is 11.9 Å². The predicted molar refractivity (Wildman–Crippen MR) is 97.8 cm³/mol. The van der Waals surface area contributed by atoms with Gasteiger partial charge in [-0.2, -0.15) is 10.2 Å². The first kappa shape index (κ1) is 16.1. The van der Waals surface area contributed by atoms with E-state index in [0.29, 0.717) is 5.92 Å². The van der Waals surface area contributed by atoms with Crippen LogP contribution in [0, 0.1) is 20.8 Å². The van der Waals surface area contributed by atoms with Crippen LogP contribution in [0.15, 0.2) is 6.07 Å². The van der Waals surface area contributed by atoms with E-state index in [1.54, 1.807) is 0 Å². The molecule has 132 valence electrons. The van der Waals surface area contributed by atoms with Crippen LogP contribution in [0.25, 0.3) is 11.0 Å². The van der Waals surface area contributed by atoms with Crippen LogP contribution in [0.1, 0.15) is 48.1 Å². The van der Waals surface area contributed by atoms with Gasteiger partial charge in [0, 0.05) is 31.7 Å². The maximum absolute atomic E-state index is 4.80. The molecule has 0 bridgehead atoms. The van der Waals surface area contributed by atoms with E-state index in [0.717, 1.165) is 53.6 Å². The van der Waals surface area contributed by atoms with Gasteiger partial charge in [0.25, 0.3) is 0 Å². The summed E-state index contributed by atoms with van der Waals surface area (Å²) in [5.74, 6) is 2.40. The zero-order chi connectivity index (χ0) is 17.6. The lowest BCUT2D eigenvalue weighted by molar-refractivity contribution is 0.573. The van der Waals surface area contributed by atoms with Crippen LogP contribution in [-0.2, 0) is 13.6 Å². The molecule has 0 amide bonds. The molecule has 25 heavy (non-hydrogen) atoms. The Morgan fingerprint density at radius 1 is 1.16 bits per heavy atom. The van der Waals surface area contributed by atoms with Gasteiger partial charge < -0.3 is 5.32 Å². The van der Waals surface area contributed by atoms with Gasteiger partial charge in [-0.3, -0.25) is 9.36 Å². The second kappa shape index (κ2) is 6.13. The van der Waals surface area contributed by atoms with Crippen LogP contribution in [0.2, 0.25) is 0 Å². The minimum atomic E-state index is 0.527. The Morgan fingerprint density at radius 2 is 1.96 bits per heavy atom. The van der Waals surface area contributed by atoms with E-state index in [4.69, 9.17) is 9.97 Å². The van der Waals surface area contributed by atoms with Gasteiger partial charge in [-0.15, -0.1) is 0 Å². The standard InChI is InChI=1S/C18H25N7/c1-11-10-12(2)25(22-11)9-5-8-19-18-16-15(13(3)23-24(16)4)20-17(21-18)14-6-7-14/h10,14H,5-9H2,1-4H3,(H,19,20,21). The summed E-state index contributed by atoms with van der Waals surface area (Å²) < 4.78 is 3.95. The fraction of sp³-hybridized carbons (Fsp3) is 0.556. The number of aromatic nitrogens is 6. The van der Waals surface area contributed by atoms with Crippen LogP contribution in [-0.4, -0.2) is 36.1 Å².